The Morgan fingerprint density at radius 1 is 0.923 bits per heavy atom. The Morgan fingerprint density at radius 2 is 1.56 bits per heavy atom. The largest absolute Gasteiger partial charge is 0.508 e. The second kappa shape index (κ2) is 10.7. The van der Waals surface area contributed by atoms with Crippen molar-refractivity contribution in [2.75, 3.05) is 13.1 Å². The van der Waals surface area contributed by atoms with E-state index >= 15 is 0 Å². The van der Waals surface area contributed by atoms with Crippen molar-refractivity contribution in [3.8, 4) is 27.7 Å². The number of aromatic hydroxyl groups is 2. The first-order chi connectivity index (χ1) is 18.6. The maximum absolute atomic E-state index is 13.8. The summed E-state index contributed by atoms with van der Waals surface area (Å²) >= 11 is 1.44. The molecule has 1 fully saturated rings. The summed E-state index contributed by atoms with van der Waals surface area (Å²) in [6.45, 7) is 7.62. The highest BCUT2D eigenvalue weighted by Crippen LogP contribution is 2.41. The highest BCUT2D eigenvalue weighted by atomic mass is 32.1. The number of hydrogen-bond donors (Lipinski definition) is 2. The van der Waals surface area contributed by atoms with Gasteiger partial charge in [-0.25, -0.2) is 0 Å². The van der Waals surface area contributed by atoms with Crippen LogP contribution in [-0.2, 0) is 4.79 Å². The lowest BCUT2D eigenvalue weighted by Gasteiger charge is -2.33. The maximum atomic E-state index is 13.8. The fourth-order valence-corrected chi connectivity index (χ4v) is 6.18. The number of rotatable bonds is 6. The Kier molecular flexibility index (Phi) is 7.36. The van der Waals surface area contributed by atoms with E-state index in [9.17, 15) is 19.8 Å². The summed E-state index contributed by atoms with van der Waals surface area (Å²) in [5, 5.41) is 20.5. The third-order valence-corrected chi connectivity index (χ3v) is 8.13. The molecule has 1 aliphatic rings. The second-order valence-electron chi connectivity index (χ2n) is 11.3. The number of ketones is 1. The summed E-state index contributed by atoms with van der Waals surface area (Å²) in [6, 6.07) is 19.0. The molecule has 4 aromatic rings. The minimum absolute atomic E-state index is 0.0223. The van der Waals surface area contributed by atoms with Gasteiger partial charge in [-0.3, -0.25) is 9.59 Å². The number of phenolic OH excluding ortho intramolecular Hbond substituents is 2. The van der Waals surface area contributed by atoms with Crippen molar-refractivity contribution in [2.24, 2.45) is 5.41 Å². The molecule has 0 unspecified atom stereocenters. The van der Waals surface area contributed by atoms with E-state index in [0.29, 0.717) is 36.4 Å². The zero-order valence-corrected chi connectivity index (χ0v) is 23.3. The van der Waals surface area contributed by atoms with Gasteiger partial charge in [-0.2, -0.15) is 0 Å². The van der Waals surface area contributed by atoms with Gasteiger partial charge in [0.25, 0.3) is 0 Å². The molecule has 1 aliphatic heterocycles. The average Bonchev–Trinajstić information content (AvgIpc) is 3.27. The number of amides is 1. The molecule has 3 aromatic carbocycles. The number of piperidine rings is 1. The van der Waals surface area contributed by atoms with E-state index in [1.807, 2.05) is 17.0 Å². The topological polar surface area (TPSA) is 87.1 Å². The smallest absolute Gasteiger partial charge is 0.223 e. The first-order valence-corrected chi connectivity index (χ1v) is 14.0. The normalized spacial score (nSPS) is 14.5. The van der Waals surface area contributed by atoms with E-state index in [0.717, 1.165) is 33.4 Å². The van der Waals surface area contributed by atoms with E-state index in [-0.39, 0.29) is 34.7 Å². The molecule has 0 radical (unpaired) electrons. The van der Waals surface area contributed by atoms with Crippen LogP contribution in [0.4, 0.5) is 0 Å². The molecule has 1 amide bonds. The summed E-state index contributed by atoms with van der Waals surface area (Å²) in [5.41, 5.74) is 1.91. The lowest BCUT2D eigenvalue weighted by atomic mass is 9.91. The quantitative estimate of drug-likeness (QED) is 0.255. The predicted octanol–water partition coefficient (Wildman–Crippen LogP) is 7.02. The molecule has 1 saturated heterocycles. The number of fused-ring (bicyclic) bond motifs is 1. The van der Waals surface area contributed by atoms with Gasteiger partial charge < -0.3 is 19.8 Å². The number of ether oxygens (including phenoxy) is 1. The van der Waals surface area contributed by atoms with E-state index in [1.54, 1.807) is 54.6 Å². The summed E-state index contributed by atoms with van der Waals surface area (Å²) in [4.78, 5) is 29.0. The molecule has 2 heterocycles. The molecule has 0 aliphatic carbocycles. The number of nitrogens with zero attached hydrogens (tertiary/aromatic N) is 1. The molecule has 5 rings (SSSR count). The van der Waals surface area contributed by atoms with Gasteiger partial charge in [-0.1, -0.05) is 20.8 Å². The van der Waals surface area contributed by atoms with Crippen LogP contribution < -0.4 is 4.74 Å². The van der Waals surface area contributed by atoms with Crippen LogP contribution in [0.1, 0.15) is 56.0 Å². The van der Waals surface area contributed by atoms with E-state index in [1.165, 1.54) is 11.3 Å². The van der Waals surface area contributed by atoms with Crippen LogP contribution in [0.5, 0.6) is 17.2 Å². The van der Waals surface area contributed by atoms with Crippen LogP contribution in [-0.4, -0.2) is 46.0 Å². The molecule has 7 heteroatoms. The van der Waals surface area contributed by atoms with Gasteiger partial charge in [0.1, 0.15) is 23.4 Å². The summed E-state index contributed by atoms with van der Waals surface area (Å²) in [7, 11) is 0. The van der Waals surface area contributed by atoms with Gasteiger partial charge in [0.15, 0.2) is 5.78 Å². The molecule has 6 nitrogen and oxygen atoms in total. The van der Waals surface area contributed by atoms with Crippen molar-refractivity contribution in [1.82, 2.24) is 4.90 Å². The highest BCUT2D eigenvalue weighted by Gasteiger charge is 2.27. The monoisotopic (exact) mass is 543 g/mol. The van der Waals surface area contributed by atoms with Gasteiger partial charge >= 0.3 is 0 Å². The van der Waals surface area contributed by atoms with Crippen molar-refractivity contribution in [1.29, 1.82) is 0 Å². The van der Waals surface area contributed by atoms with E-state index in [4.69, 9.17) is 4.74 Å². The number of likely N-dealkylation sites (tertiary alicyclic amines) is 1. The molecule has 0 atom stereocenters. The SMILES string of the molecule is CC(C)(C)CC(=O)N1CCC(Oc2ccc(C(=O)c3c(-c4ccc(O)cc4)sc4cc(O)ccc34)cc2)CC1. The van der Waals surface area contributed by atoms with Crippen LogP contribution >= 0.6 is 11.3 Å². The molecular formula is C32H33NO5S. The minimum atomic E-state index is -0.118. The molecular weight excluding hydrogens is 510 g/mol. The summed E-state index contributed by atoms with van der Waals surface area (Å²) in [6.07, 6.45) is 2.13. The van der Waals surface area contributed by atoms with Crippen LogP contribution in [0.2, 0.25) is 0 Å². The van der Waals surface area contributed by atoms with Crippen LogP contribution in [0.15, 0.2) is 66.7 Å². The third-order valence-electron chi connectivity index (χ3n) is 6.93. The van der Waals surface area contributed by atoms with Gasteiger partial charge in [0, 0.05) is 58.4 Å². The standard InChI is InChI=1S/C32H33NO5S/c1-32(2,3)19-28(36)33-16-14-25(15-17-33)38-24-11-6-20(7-12-24)30(37)29-26-13-10-23(35)18-27(26)39-31(29)21-4-8-22(34)9-5-21/h4-13,18,25,34-35H,14-17,19H2,1-3H3. The average molecular weight is 544 g/mol. The van der Waals surface area contributed by atoms with Crippen LogP contribution in [0, 0.1) is 5.41 Å². The minimum Gasteiger partial charge on any atom is -0.508 e. The maximum Gasteiger partial charge on any atom is 0.223 e. The highest BCUT2D eigenvalue weighted by molar-refractivity contribution is 7.22. The van der Waals surface area contributed by atoms with Crippen molar-refractivity contribution in [2.45, 2.75) is 46.1 Å². The molecule has 202 valence electrons. The lowest BCUT2D eigenvalue weighted by molar-refractivity contribution is -0.134. The Hall–Kier alpha value is -3.84. The van der Waals surface area contributed by atoms with Crippen molar-refractivity contribution in [3.05, 3.63) is 77.9 Å². The summed E-state index contributed by atoms with van der Waals surface area (Å²) < 4.78 is 7.01. The van der Waals surface area contributed by atoms with E-state index < -0.39 is 0 Å². The third kappa shape index (κ3) is 6.09. The Bertz CT molecular complexity index is 1490. The predicted molar refractivity (Wildman–Crippen MR) is 155 cm³/mol. The molecule has 0 saturated carbocycles. The zero-order chi connectivity index (χ0) is 27.7. The molecule has 39 heavy (non-hydrogen) atoms. The number of carbonyl (C=O) groups is 2. The Morgan fingerprint density at radius 3 is 2.21 bits per heavy atom. The van der Waals surface area contributed by atoms with Gasteiger partial charge in [0.05, 0.1) is 0 Å². The first kappa shape index (κ1) is 26.8. The number of thiophene rings is 1. The second-order valence-corrected chi connectivity index (χ2v) is 12.4. The molecule has 0 bridgehead atoms. The number of carbonyl (C=O) groups excluding carboxylic acids is 2. The van der Waals surface area contributed by atoms with Crippen LogP contribution in [0.3, 0.4) is 0 Å². The molecule has 0 spiro atoms. The van der Waals surface area contributed by atoms with Crippen molar-refractivity contribution < 1.29 is 24.5 Å². The first-order valence-electron chi connectivity index (χ1n) is 13.2. The number of benzene rings is 3. The molecule has 2 N–H and O–H groups in total. The fraction of sp³-hybridized carbons (Fsp3) is 0.312. The van der Waals surface area contributed by atoms with Crippen molar-refractivity contribution in [3.63, 3.8) is 0 Å². The van der Waals surface area contributed by atoms with Crippen LogP contribution in [0.25, 0.3) is 20.5 Å². The molecule has 1 aromatic heterocycles. The lowest BCUT2D eigenvalue weighted by Crippen LogP contribution is -2.42. The van der Waals surface area contributed by atoms with E-state index in [2.05, 4.69) is 20.8 Å². The van der Waals surface area contributed by atoms with Gasteiger partial charge in [-0.05, 0) is 77.7 Å². The Labute approximate surface area is 232 Å². The summed E-state index contributed by atoms with van der Waals surface area (Å²) in [5.74, 6) is 1.08. The van der Waals surface area contributed by atoms with Crippen molar-refractivity contribution >= 4 is 33.1 Å². The van der Waals surface area contributed by atoms with Gasteiger partial charge in [0.2, 0.25) is 5.91 Å². The fourth-order valence-electron chi connectivity index (χ4n) is 4.94. The Balaban J connectivity index is 1.31. The zero-order valence-electron chi connectivity index (χ0n) is 22.4. The van der Waals surface area contributed by atoms with Gasteiger partial charge in [-0.15, -0.1) is 11.3 Å². The number of phenols is 2. The number of hydrogen-bond acceptors (Lipinski definition) is 6.